The van der Waals surface area contributed by atoms with Crippen molar-refractivity contribution >= 4 is 17.7 Å². The Bertz CT molecular complexity index is 484. The second-order valence-corrected chi connectivity index (χ2v) is 7.63. The molecule has 1 unspecified atom stereocenters. The molecule has 0 bridgehead atoms. The van der Waals surface area contributed by atoms with Gasteiger partial charge in [-0.05, 0) is 55.8 Å². The molecule has 1 aliphatic rings. The van der Waals surface area contributed by atoms with E-state index < -0.39 is 0 Å². The Labute approximate surface area is 143 Å². The topological polar surface area (TPSA) is 52.6 Å². The highest BCUT2D eigenvalue weighted by molar-refractivity contribution is 7.99. The maximum atomic E-state index is 12.1. The van der Waals surface area contributed by atoms with Crippen LogP contribution in [0.25, 0.3) is 0 Å². The summed E-state index contributed by atoms with van der Waals surface area (Å²) >= 11 is 1.75. The van der Waals surface area contributed by atoms with Crippen molar-refractivity contribution < 1.29 is 9.90 Å². The van der Waals surface area contributed by atoms with Gasteiger partial charge in [0.05, 0.1) is 0 Å². The van der Waals surface area contributed by atoms with Crippen LogP contribution in [-0.4, -0.2) is 53.7 Å². The fourth-order valence-electron chi connectivity index (χ4n) is 2.77. The van der Waals surface area contributed by atoms with Crippen molar-refractivity contribution in [3.63, 3.8) is 0 Å². The van der Waals surface area contributed by atoms with Crippen molar-refractivity contribution in [2.75, 3.05) is 32.5 Å². The Morgan fingerprint density at radius 3 is 2.57 bits per heavy atom. The summed E-state index contributed by atoms with van der Waals surface area (Å²) < 4.78 is 0. The van der Waals surface area contributed by atoms with Crippen molar-refractivity contribution in [1.29, 1.82) is 0 Å². The number of nitrogens with zero attached hydrogens (tertiary/aromatic N) is 1. The monoisotopic (exact) mass is 336 g/mol. The van der Waals surface area contributed by atoms with Gasteiger partial charge in [-0.2, -0.15) is 11.8 Å². The van der Waals surface area contributed by atoms with E-state index in [1.54, 1.807) is 11.8 Å². The number of piperidine rings is 1. The first-order chi connectivity index (χ1) is 11.1. The Kier molecular flexibility index (Phi) is 7.40. The lowest BCUT2D eigenvalue weighted by molar-refractivity contribution is 0.0954. The quantitative estimate of drug-likeness (QED) is 0.803. The van der Waals surface area contributed by atoms with Crippen LogP contribution < -0.4 is 5.32 Å². The molecule has 1 heterocycles. The molecular weight excluding hydrogens is 308 g/mol. The highest BCUT2D eigenvalue weighted by atomic mass is 32.2. The first kappa shape index (κ1) is 18.3. The minimum Gasteiger partial charge on any atom is -0.396 e. The number of carbonyl (C=O) groups excluding carboxylic acids is 1. The molecule has 2 N–H and O–H groups in total. The third kappa shape index (κ3) is 5.83. The lowest BCUT2D eigenvalue weighted by Gasteiger charge is -2.31. The molecule has 0 spiro atoms. The summed E-state index contributed by atoms with van der Waals surface area (Å²) in [5, 5.41) is 12.6. The van der Waals surface area contributed by atoms with E-state index in [0.717, 1.165) is 38.0 Å². The first-order valence-electron chi connectivity index (χ1n) is 8.35. The van der Waals surface area contributed by atoms with Gasteiger partial charge in [-0.25, -0.2) is 0 Å². The van der Waals surface area contributed by atoms with Crippen molar-refractivity contribution in [2.45, 2.75) is 31.6 Å². The zero-order chi connectivity index (χ0) is 16.7. The molecular formula is C18H28N2O2S. The Hall–Kier alpha value is -1.04. The molecule has 1 aromatic rings. The molecule has 1 fully saturated rings. The molecule has 23 heavy (non-hydrogen) atoms. The van der Waals surface area contributed by atoms with Crippen molar-refractivity contribution in [3.8, 4) is 0 Å². The average Bonchev–Trinajstić information content (AvgIpc) is 2.60. The number of thioether (sulfide) groups is 1. The normalized spacial score (nSPS) is 17.9. The van der Waals surface area contributed by atoms with Gasteiger partial charge < -0.3 is 10.4 Å². The number of hydrogen-bond acceptors (Lipinski definition) is 4. The van der Waals surface area contributed by atoms with Gasteiger partial charge in [0.1, 0.15) is 0 Å². The molecule has 0 radical (unpaired) electrons. The molecule has 1 aliphatic heterocycles. The number of amides is 1. The van der Waals surface area contributed by atoms with E-state index in [1.807, 2.05) is 24.3 Å². The van der Waals surface area contributed by atoms with Crippen LogP contribution in [0.5, 0.6) is 0 Å². The summed E-state index contributed by atoms with van der Waals surface area (Å²) in [5.74, 6) is 0.474. The molecule has 0 aromatic heterocycles. The highest BCUT2D eigenvalue weighted by Gasteiger charge is 2.18. The first-order valence-corrected chi connectivity index (χ1v) is 9.64. The van der Waals surface area contributed by atoms with Crippen LogP contribution in [0.4, 0.5) is 0 Å². The smallest absolute Gasteiger partial charge is 0.251 e. The lowest BCUT2D eigenvalue weighted by Crippen LogP contribution is -2.34. The Balaban J connectivity index is 1.81. The molecule has 1 aromatic carbocycles. The molecule has 0 aliphatic carbocycles. The number of benzene rings is 1. The molecule has 1 saturated heterocycles. The zero-order valence-electron chi connectivity index (χ0n) is 14.1. The predicted molar refractivity (Wildman–Crippen MR) is 96.8 cm³/mol. The number of hydrogen-bond donors (Lipinski definition) is 2. The van der Waals surface area contributed by atoms with Gasteiger partial charge in [0.15, 0.2) is 0 Å². The molecule has 2 rings (SSSR count). The largest absolute Gasteiger partial charge is 0.396 e. The zero-order valence-corrected chi connectivity index (χ0v) is 14.9. The van der Waals surface area contributed by atoms with Crippen molar-refractivity contribution in [3.05, 3.63) is 35.4 Å². The Morgan fingerprint density at radius 1 is 1.35 bits per heavy atom. The van der Waals surface area contributed by atoms with Crippen LogP contribution in [0.2, 0.25) is 0 Å². The predicted octanol–water partition coefficient (Wildman–Crippen LogP) is 2.37. The third-order valence-electron chi connectivity index (χ3n) is 4.54. The number of aliphatic hydroxyl groups is 1. The summed E-state index contributed by atoms with van der Waals surface area (Å²) in [4.78, 5) is 14.5. The fourth-order valence-corrected chi connectivity index (χ4v) is 3.02. The molecule has 1 amide bonds. The van der Waals surface area contributed by atoms with Crippen LogP contribution in [-0.2, 0) is 6.54 Å². The van der Waals surface area contributed by atoms with Crippen molar-refractivity contribution in [2.24, 2.45) is 5.92 Å². The van der Waals surface area contributed by atoms with E-state index >= 15 is 0 Å². The minimum atomic E-state index is 0.00112. The van der Waals surface area contributed by atoms with Gasteiger partial charge in [0, 0.05) is 30.5 Å². The van der Waals surface area contributed by atoms with E-state index in [2.05, 4.69) is 23.4 Å². The second-order valence-electron chi connectivity index (χ2n) is 6.36. The molecule has 4 nitrogen and oxygen atoms in total. The Morgan fingerprint density at radius 2 is 2.00 bits per heavy atom. The van der Waals surface area contributed by atoms with Crippen molar-refractivity contribution in [1.82, 2.24) is 10.2 Å². The number of rotatable bonds is 7. The fraction of sp³-hybridized carbons (Fsp3) is 0.611. The van der Waals surface area contributed by atoms with Crippen LogP contribution in [0, 0.1) is 5.92 Å². The summed E-state index contributed by atoms with van der Waals surface area (Å²) in [6.45, 7) is 6.12. The molecule has 1 atom stereocenters. The molecule has 5 heteroatoms. The maximum Gasteiger partial charge on any atom is 0.251 e. The highest BCUT2D eigenvalue weighted by Crippen LogP contribution is 2.18. The van der Waals surface area contributed by atoms with E-state index in [-0.39, 0.29) is 5.91 Å². The summed E-state index contributed by atoms with van der Waals surface area (Å²) in [5.41, 5.74) is 1.96. The van der Waals surface area contributed by atoms with Crippen LogP contribution in [0.1, 0.15) is 35.7 Å². The van der Waals surface area contributed by atoms with Crippen LogP contribution in [0.3, 0.4) is 0 Å². The van der Waals surface area contributed by atoms with E-state index in [1.165, 1.54) is 5.56 Å². The average molecular weight is 337 g/mol. The van der Waals surface area contributed by atoms with Gasteiger partial charge in [0.2, 0.25) is 0 Å². The second kappa shape index (κ2) is 9.30. The third-order valence-corrected chi connectivity index (χ3v) is 5.51. The van der Waals surface area contributed by atoms with Gasteiger partial charge in [-0.3, -0.25) is 9.69 Å². The summed E-state index contributed by atoms with van der Waals surface area (Å²) in [6.07, 6.45) is 4.20. The molecule has 128 valence electrons. The standard InChI is InChI=1S/C18H28N2O2S/c1-14(23-2)11-19-18(22)17-5-3-15(4-6-17)12-20-9-7-16(13-21)8-10-20/h3-6,14,16,21H,7-13H2,1-2H3,(H,19,22). The van der Waals surface area contributed by atoms with Gasteiger partial charge in [0.25, 0.3) is 5.91 Å². The number of likely N-dealkylation sites (tertiary alicyclic amines) is 1. The minimum absolute atomic E-state index is 0.00112. The molecule has 0 saturated carbocycles. The van der Waals surface area contributed by atoms with Gasteiger partial charge in [-0.1, -0.05) is 19.1 Å². The van der Waals surface area contributed by atoms with Gasteiger partial charge in [-0.15, -0.1) is 0 Å². The summed E-state index contributed by atoms with van der Waals surface area (Å²) in [6, 6.07) is 7.92. The van der Waals surface area contributed by atoms with Crippen LogP contribution >= 0.6 is 11.8 Å². The number of nitrogens with one attached hydrogen (secondary N) is 1. The van der Waals surface area contributed by atoms with Crippen LogP contribution in [0.15, 0.2) is 24.3 Å². The van der Waals surface area contributed by atoms with E-state index in [0.29, 0.717) is 24.3 Å². The van der Waals surface area contributed by atoms with E-state index in [4.69, 9.17) is 0 Å². The number of aliphatic hydroxyl groups excluding tert-OH is 1. The summed E-state index contributed by atoms with van der Waals surface area (Å²) in [7, 11) is 0. The lowest BCUT2D eigenvalue weighted by atomic mass is 9.97. The van der Waals surface area contributed by atoms with Gasteiger partial charge >= 0.3 is 0 Å². The maximum absolute atomic E-state index is 12.1. The number of carbonyl (C=O) groups is 1. The van der Waals surface area contributed by atoms with E-state index in [9.17, 15) is 9.90 Å². The SMILES string of the molecule is CSC(C)CNC(=O)c1ccc(CN2CCC(CO)CC2)cc1.